The molecule has 0 unspecified atom stereocenters. The Morgan fingerprint density at radius 2 is 1.24 bits per heavy atom. The predicted molar refractivity (Wildman–Crippen MR) is 150 cm³/mol. The Bertz CT molecular complexity index is 1670. The van der Waals surface area contributed by atoms with Crippen molar-refractivity contribution in [2.75, 3.05) is 41.8 Å². The summed E-state index contributed by atoms with van der Waals surface area (Å²) in [5.74, 6) is 1.15. The van der Waals surface area contributed by atoms with Gasteiger partial charge in [-0.15, -0.1) is 4.41 Å². The Morgan fingerprint density at radius 1 is 0.756 bits per heavy atom. The molecule has 0 radical (unpaired) electrons. The van der Waals surface area contributed by atoms with Gasteiger partial charge in [0, 0.05) is 6.20 Å². The molecule has 1 aliphatic rings. The molecule has 0 saturated heterocycles. The van der Waals surface area contributed by atoms with Crippen LogP contribution in [0.15, 0.2) is 44.6 Å². The SMILES string of the molecule is COc1c(C(C)=O)c(OCC2=CNN(COc3c(C(C)=O)c(OC)c4ccoc4c3OC)S2)c(OC)c2occc12. The van der Waals surface area contributed by atoms with Crippen molar-refractivity contribution in [2.24, 2.45) is 0 Å². The lowest BCUT2D eigenvalue weighted by Crippen LogP contribution is -2.28. The standard InChI is InChI=1S/C28H28N2O10S/c1-14(31)19-21(33-3)17-7-9-37-23(17)27(35-5)25(19)39-12-16-11-29-30(41-16)13-40-26-20(15(2)32)22(34-4)18-8-10-38-24(18)28(26)36-6/h7-11,29H,12-13H2,1-6H3. The number of carbonyl (C=O) groups is 2. The summed E-state index contributed by atoms with van der Waals surface area (Å²) in [6.45, 7) is 2.95. The maximum absolute atomic E-state index is 12.6. The summed E-state index contributed by atoms with van der Waals surface area (Å²) in [7, 11) is 5.90. The second-order valence-corrected chi connectivity index (χ2v) is 9.90. The summed E-state index contributed by atoms with van der Waals surface area (Å²) in [6, 6.07) is 3.41. The number of methoxy groups -OCH3 is 4. The fraction of sp³-hybridized carbons (Fsp3) is 0.286. The van der Waals surface area contributed by atoms with E-state index in [1.54, 1.807) is 22.7 Å². The quantitative estimate of drug-likeness (QED) is 0.170. The number of hydrazine groups is 1. The van der Waals surface area contributed by atoms with Crippen LogP contribution in [0.3, 0.4) is 0 Å². The van der Waals surface area contributed by atoms with Gasteiger partial charge in [0.25, 0.3) is 0 Å². The molecule has 13 heteroatoms. The van der Waals surface area contributed by atoms with E-state index in [0.717, 1.165) is 4.91 Å². The van der Waals surface area contributed by atoms with Gasteiger partial charge in [-0.1, -0.05) is 0 Å². The third-order valence-corrected chi connectivity index (χ3v) is 7.26. The van der Waals surface area contributed by atoms with Gasteiger partial charge >= 0.3 is 0 Å². The number of fused-ring (bicyclic) bond motifs is 2. The normalized spacial score (nSPS) is 13.2. The molecule has 0 saturated carbocycles. The van der Waals surface area contributed by atoms with Crippen molar-refractivity contribution in [2.45, 2.75) is 13.8 Å². The number of ketones is 2. The average Bonchev–Trinajstić information content (AvgIpc) is 3.73. The van der Waals surface area contributed by atoms with Crippen molar-refractivity contribution in [3.63, 3.8) is 0 Å². The number of Topliss-reactive ketones (excluding diaryl/α,β-unsaturated/α-hetero) is 2. The second kappa shape index (κ2) is 11.6. The van der Waals surface area contributed by atoms with Crippen LogP contribution in [0.4, 0.5) is 0 Å². The number of hydrogen-bond acceptors (Lipinski definition) is 13. The highest BCUT2D eigenvalue weighted by Crippen LogP contribution is 2.48. The number of nitrogens with zero attached hydrogens (tertiary/aromatic N) is 1. The molecule has 0 fully saturated rings. The van der Waals surface area contributed by atoms with E-state index in [2.05, 4.69) is 5.43 Å². The first-order valence-electron chi connectivity index (χ1n) is 12.3. The minimum absolute atomic E-state index is 0.00483. The van der Waals surface area contributed by atoms with Gasteiger partial charge in [-0.3, -0.25) is 9.59 Å². The van der Waals surface area contributed by atoms with Crippen LogP contribution >= 0.6 is 11.9 Å². The Hall–Kier alpha value is -4.49. The summed E-state index contributed by atoms with van der Waals surface area (Å²) in [5, 5.41) is 1.20. The lowest BCUT2D eigenvalue weighted by Gasteiger charge is -2.20. The fourth-order valence-corrected chi connectivity index (χ4v) is 5.39. The summed E-state index contributed by atoms with van der Waals surface area (Å²) >= 11 is 1.31. The molecule has 0 amide bonds. The number of ether oxygens (including phenoxy) is 6. The molecule has 0 aliphatic carbocycles. The molecule has 1 N–H and O–H groups in total. The van der Waals surface area contributed by atoms with Gasteiger partial charge < -0.3 is 42.7 Å². The van der Waals surface area contributed by atoms with Crippen LogP contribution < -0.4 is 33.8 Å². The van der Waals surface area contributed by atoms with Crippen LogP contribution in [0.1, 0.15) is 34.6 Å². The van der Waals surface area contributed by atoms with Crippen molar-refractivity contribution < 1.29 is 46.8 Å². The van der Waals surface area contributed by atoms with Crippen LogP contribution in [0.25, 0.3) is 21.9 Å². The lowest BCUT2D eigenvalue weighted by molar-refractivity contribution is 0.0994. The van der Waals surface area contributed by atoms with Crippen molar-refractivity contribution in [3.8, 4) is 34.5 Å². The Kier molecular flexibility index (Phi) is 7.90. The average molecular weight is 585 g/mol. The van der Waals surface area contributed by atoms with Gasteiger partial charge in [0.1, 0.15) is 29.2 Å². The summed E-state index contributed by atoms with van der Waals surface area (Å²) in [5.41, 5.74) is 4.38. The zero-order valence-corrected chi connectivity index (χ0v) is 24.1. The minimum atomic E-state index is -0.258. The topological polar surface area (TPSA) is 131 Å². The van der Waals surface area contributed by atoms with E-state index in [4.69, 9.17) is 37.3 Å². The Balaban J connectivity index is 1.34. The molecule has 2 aromatic heterocycles. The zero-order chi connectivity index (χ0) is 29.3. The minimum Gasteiger partial charge on any atom is -0.495 e. The van der Waals surface area contributed by atoms with Crippen LogP contribution in [0.2, 0.25) is 0 Å². The summed E-state index contributed by atoms with van der Waals surface area (Å²) in [4.78, 5) is 26.0. The number of hydrogen-bond donors (Lipinski definition) is 1. The van der Waals surface area contributed by atoms with E-state index >= 15 is 0 Å². The van der Waals surface area contributed by atoms with E-state index < -0.39 is 0 Å². The molecule has 1 aliphatic heterocycles. The summed E-state index contributed by atoms with van der Waals surface area (Å²) < 4.78 is 47.3. The molecule has 41 heavy (non-hydrogen) atoms. The summed E-state index contributed by atoms with van der Waals surface area (Å²) in [6.07, 6.45) is 4.71. The molecule has 0 bridgehead atoms. The van der Waals surface area contributed by atoms with Gasteiger partial charge in [-0.2, -0.15) is 0 Å². The molecule has 0 atom stereocenters. The van der Waals surface area contributed by atoms with Crippen LogP contribution in [-0.4, -0.2) is 57.8 Å². The number of rotatable bonds is 12. The molecule has 2 aromatic carbocycles. The fourth-order valence-electron chi connectivity index (χ4n) is 4.68. The van der Waals surface area contributed by atoms with Gasteiger partial charge in [0.05, 0.1) is 56.6 Å². The highest BCUT2D eigenvalue weighted by atomic mass is 32.2. The van der Waals surface area contributed by atoms with E-state index in [1.165, 1.54) is 66.8 Å². The molecule has 216 valence electrons. The van der Waals surface area contributed by atoms with Crippen LogP contribution in [0.5, 0.6) is 34.5 Å². The first kappa shape index (κ1) is 28.1. The largest absolute Gasteiger partial charge is 0.495 e. The first-order valence-corrected chi connectivity index (χ1v) is 13.1. The molecule has 12 nitrogen and oxygen atoms in total. The third-order valence-electron chi connectivity index (χ3n) is 6.36. The monoisotopic (exact) mass is 584 g/mol. The van der Waals surface area contributed by atoms with Gasteiger partial charge in [-0.05, 0) is 37.9 Å². The zero-order valence-electron chi connectivity index (χ0n) is 23.2. The molecular weight excluding hydrogens is 556 g/mol. The van der Waals surface area contributed by atoms with Gasteiger partial charge in [0.15, 0.2) is 41.0 Å². The van der Waals surface area contributed by atoms with Crippen molar-refractivity contribution in [3.05, 3.63) is 46.9 Å². The molecule has 4 aromatic rings. The molecule has 0 spiro atoms. The van der Waals surface area contributed by atoms with E-state index in [-0.39, 0.29) is 53.3 Å². The third kappa shape index (κ3) is 4.87. The van der Waals surface area contributed by atoms with E-state index in [0.29, 0.717) is 39.2 Å². The Morgan fingerprint density at radius 3 is 1.71 bits per heavy atom. The van der Waals surface area contributed by atoms with Gasteiger partial charge in [0.2, 0.25) is 11.5 Å². The molecule has 5 rings (SSSR count). The number of carbonyl (C=O) groups excluding carboxylic acids is 2. The van der Waals surface area contributed by atoms with E-state index in [1.807, 2.05) is 0 Å². The van der Waals surface area contributed by atoms with Crippen LogP contribution in [-0.2, 0) is 0 Å². The number of benzene rings is 2. The second-order valence-electron chi connectivity index (χ2n) is 8.75. The highest BCUT2D eigenvalue weighted by Gasteiger charge is 2.30. The van der Waals surface area contributed by atoms with E-state index in [9.17, 15) is 9.59 Å². The van der Waals surface area contributed by atoms with Crippen molar-refractivity contribution in [1.82, 2.24) is 9.84 Å². The number of nitrogens with one attached hydrogen (secondary N) is 1. The molecule has 3 heterocycles. The van der Waals surface area contributed by atoms with Crippen LogP contribution in [0, 0.1) is 0 Å². The maximum atomic E-state index is 12.6. The van der Waals surface area contributed by atoms with Crippen molar-refractivity contribution >= 4 is 45.5 Å². The first-order chi connectivity index (χ1) is 19.8. The maximum Gasteiger partial charge on any atom is 0.205 e. The van der Waals surface area contributed by atoms with Gasteiger partial charge in [-0.25, -0.2) is 0 Å². The smallest absolute Gasteiger partial charge is 0.205 e. The molecular formula is C28H28N2O10S. The Labute approximate surface area is 239 Å². The van der Waals surface area contributed by atoms with Crippen molar-refractivity contribution in [1.29, 1.82) is 0 Å². The lowest BCUT2D eigenvalue weighted by atomic mass is 10.0. The highest BCUT2D eigenvalue weighted by molar-refractivity contribution is 8.01. The predicted octanol–water partition coefficient (Wildman–Crippen LogP) is 5.34. The number of furan rings is 2.